The van der Waals surface area contributed by atoms with Crippen molar-refractivity contribution in [2.24, 2.45) is 0 Å². The Morgan fingerprint density at radius 2 is 1.56 bits per heavy atom. The largest absolute Gasteiger partial charge is 0.465 e. The molecule has 1 amide bonds. The van der Waals surface area contributed by atoms with Crippen LogP contribution in [0.15, 0.2) is 48.5 Å². The SMILES string of the molecule is COC(=O)c1ccc(NC(=O)CCc2ccc(C(C)(C)C)cc2)cc1. The van der Waals surface area contributed by atoms with Gasteiger partial charge < -0.3 is 10.1 Å². The van der Waals surface area contributed by atoms with Crippen molar-refractivity contribution in [2.75, 3.05) is 12.4 Å². The number of benzene rings is 2. The molecule has 0 spiro atoms. The summed E-state index contributed by atoms with van der Waals surface area (Å²) in [4.78, 5) is 23.5. The highest BCUT2D eigenvalue weighted by Gasteiger charge is 2.13. The Labute approximate surface area is 149 Å². The van der Waals surface area contributed by atoms with Crippen molar-refractivity contribution in [3.8, 4) is 0 Å². The summed E-state index contributed by atoms with van der Waals surface area (Å²) >= 11 is 0. The third kappa shape index (κ3) is 5.45. The second kappa shape index (κ2) is 7.97. The van der Waals surface area contributed by atoms with Crippen LogP contribution in [0.1, 0.15) is 48.7 Å². The van der Waals surface area contributed by atoms with Crippen molar-refractivity contribution in [3.05, 3.63) is 65.2 Å². The summed E-state index contributed by atoms with van der Waals surface area (Å²) < 4.78 is 4.65. The van der Waals surface area contributed by atoms with Crippen molar-refractivity contribution in [3.63, 3.8) is 0 Å². The van der Waals surface area contributed by atoms with Gasteiger partial charge in [0.2, 0.25) is 5.91 Å². The number of amides is 1. The Morgan fingerprint density at radius 3 is 2.08 bits per heavy atom. The summed E-state index contributed by atoms with van der Waals surface area (Å²) in [5.41, 5.74) is 3.68. The third-order valence-electron chi connectivity index (χ3n) is 4.05. The minimum atomic E-state index is -0.392. The Kier molecular flexibility index (Phi) is 5.97. The number of methoxy groups -OCH3 is 1. The van der Waals surface area contributed by atoms with E-state index in [0.29, 0.717) is 24.1 Å². The summed E-state index contributed by atoms with van der Waals surface area (Å²) in [6, 6.07) is 15.1. The fourth-order valence-corrected chi connectivity index (χ4v) is 2.46. The zero-order valence-electron chi connectivity index (χ0n) is 15.3. The van der Waals surface area contributed by atoms with Crippen LogP contribution in [0.25, 0.3) is 0 Å². The van der Waals surface area contributed by atoms with E-state index in [4.69, 9.17) is 0 Å². The quantitative estimate of drug-likeness (QED) is 0.824. The number of rotatable bonds is 5. The maximum atomic E-state index is 12.1. The fraction of sp³-hybridized carbons (Fsp3) is 0.333. The van der Waals surface area contributed by atoms with E-state index >= 15 is 0 Å². The van der Waals surface area contributed by atoms with Gasteiger partial charge in [-0.15, -0.1) is 0 Å². The second-order valence-electron chi connectivity index (χ2n) is 7.06. The Morgan fingerprint density at radius 1 is 0.960 bits per heavy atom. The van der Waals surface area contributed by atoms with Crippen LogP contribution in [0.3, 0.4) is 0 Å². The van der Waals surface area contributed by atoms with E-state index < -0.39 is 5.97 Å². The Bertz CT molecular complexity index is 725. The van der Waals surface area contributed by atoms with Crippen LogP contribution in [0.4, 0.5) is 5.69 Å². The highest BCUT2D eigenvalue weighted by atomic mass is 16.5. The van der Waals surface area contributed by atoms with E-state index in [9.17, 15) is 9.59 Å². The highest BCUT2D eigenvalue weighted by molar-refractivity contribution is 5.93. The van der Waals surface area contributed by atoms with Gasteiger partial charge in [-0.25, -0.2) is 4.79 Å². The zero-order chi connectivity index (χ0) is 18.4. The fourth-order valence-electron chi connectivity index (χ4n) is 2.46. The molecule has 0 aliphatic heterocycles. The number of aryl methyl sites for hydroxylation is 1. The number of hydrogen-bond donors (Lipinski definition) is 1. The minimum absolute atomic E-state index is 0.0503. The van der Waals surface area contributed by atoms with Crippen LogP contribution in [-0.4, -0.2) is 19.0 Å². The van der Waals surface area contributed by atoms with Gasteiger partial charge in [0.05, 0.1) is 12.7 Å². The van der Waals surface area contributed by atoms with Gasteiger partial charge in [0.1, 0.15) is 0 Å². The highest BCUT2D eigenvalue weighted by Crippen LogP contribution is 2.22. The molecule has 0 saturated heterocycles. The molecule has 1 N–H and O–H groups in total. The van der Waals surface area contributed by atoms with Gasteiger partial charge in [-0.3, -0.25) is 4.79 Å². The van der Waals surface area contributed by atoms with Crippen LogP contribution in [0, 0.1) is 0 Å². The number of ether oxygens (including phenoxy) is 1. The number of hydrogen-bond acceptors (Lipinski definition) is 3. The molecule has 0 aromatic heterocycles. The van der Waals surface area contributed by atoms with Crippen LogP contribution in [0.5, 0.6) is 0 Å². The van der Waals surface area contributed by atoms with Crippen molar-refractivity contribution < 1.29 is 14.3 Å². The first-order chi connectivity index (χ1) is 11.8. The van der Waals surface area contributed by atoms with Gasteiger partial charge in [0.25, 0.3) is 0 Å². The molecule has 2 aromatic rings. The second-order valence-corrected chi connectivity index (χ2v) is 7.06. The number of esters is 1. The molecule has 132 valence electrons. The Balaban J connectivity index is 1.87. The number of anilines is 1. The minimum Gasteiger partial charge on any atom is -0.465 e. The topological polar surface area (TPSA) is 55.4 Å². The molecule has 0 aliphatic carbocycles. The van der Waals surface area contributed by atoms with E-state index in [1.165, 1.54) is 12.7 Å². The maximum Gasteiger partial charge on any atom is 0.337 e. The van der Waals surface area contributed by atoms with Gasteiger partial charge in [0, 0.05) is 12.1 Å². The van der Waals surface area contributed by atoms with E-state index in [0.717, 1.165) is 5.56 Å². The molecular weight excluding hydrogens is 314 g/mol. The van der Waals surface area contributed by atoms with Gasteiger partial charge in [-0.2, -0.15) is 0 Å². The maximum absolute atomic E-state index is 12.1. The van der Waals surface area contributed by atoms with Crippen LogP contribution >= 0.6 is 0 Å². The van der Waals surface area contributed by atoms with Crippen molar-refractivity contribution in [1.82, 2.24) is 0 Å². The van der Waals surface area contributed by atoms with E-state index in [1.807, 2.05) is 0 Å². The molecule has 25 heavy (non-hydrogen) atoms. The molecule has 0 fully saturated rings. The predicted octanol–water partition coefficient (Wildman–Crippen LogP) is 4.34. The molecule has 0 aliphatic rings. The number of carbonyl (C=O) groups is 2. The lowest BCUT2D eigenvalue weighted by atomic mass is 9.86. The number of nitrogens with one attached hydrogen (secondary N) is 1. The first kappa shape index (κ1) is 18.7. The molecule has 0 atom stereocenters. The van der Waals surface area contributed by atoms with Gasteiger partial charge in [0.15, 0.2) is 0 Å². The monoisotopic (exact) mass is 339 g/mol. The predicted molar refractivity (Wildman–Crippen MR) is 99.9 cm³/mol. The third-order valence-corrected chi connectivity index (χ3v) is 4.05. The van der Waals surface area contributed by atoms with E-state index in [-0.39, 0.29) is 11.3 Å². The molecule has 0 unspecified atom stereocenters. The summed E-state index contributed by atoms with van der Waals surface area (Å²) in [6.45, 7) is 6.54. The first-order valence-corrected chi connectivity index (χ1v) is 8.37. The first-order valence-electron chi connectivity index (χ1n) is 8.37. The van der Waals surface area contributed by atoms with Crippen LogP contribution in [0.2, 0.25) is 0 Å². The lowest BCUT2D eigenvalue weighted by Gasteiger charge is -2.19. The lowest BCUT2D eigenvalue weighted by molar-refractivity contribution is -0.116. The van der Waals surface area contributed by atoms with Crippen molar-refractivity contribution in [1.29, 1.82) is 0 Å². The van der Waals surface area contributed by atoms with Crippen molar-refractivity contribution >= 4 is 17.6 Å². The Hall–Kier alpha value is -2.62. The summed E-state index contributed by atoms with van der Waals surface area (Å²) in [7, 11) is 1.34. The van der Waals surface area contributed by atoms with E-state index in [1.54, 1.807) is 24.3 Å². The molecule has 0 saturated carbocycles. The van der Waals surface area contributed by atoms with E-state index in [2.05, 4.69) is 55.1 Å². The smallest absolute Gasteiger partial charge is 0.337 e. The molecule has 4 heteroatoms. The molecule has 4 nitrogen and oxygen atoms in total. The molecule has 2 rings (SSSR count). The molecular formula is C21H25NO3. The standard InChI is InChI=1S/C21H25NO3/c1-21(2,3)17-10-5-15(6-11-17)7-14-19(23)22-18-12-8-16(9-13-18)20(24)25-4/h5-6,8-13H,7,14H2,1-4H3,(H,22,23). The van der Waals surface area contributed by atoms with Crippen molar-refractivity contribution in [2.45, 2.75) is 39.0 Å². The molecule has 0 heterocycles. The van der Waals surface area contributed by atoms with Gasteiger partial charge in [-0.05, 0) is 47.2 Å². The average Bonchev–Trinajstić information content (AvgIpc) is 2.59. The van der Waals surface area contributed by atoms with Crippen LogP contribution in [-0.2, 0) is 21.4 Å². The molecule has 0 bridgehead atoms. The average molecular weight is 339 g/mol. The van der Waals surface area contributed by atoms with Crippen LogP contribution < -0.4 is 5.32 Å². The molecule has 2 aromatic carbocycles. The number of carbonyl (C=O) groups excluding carboxylic acids is 2. The lowest BCUT2D eigenvalue weighted by Crippen LogP contribution is -2.13. The summed E-state index contributed by atoms with van der Waals surface area (Å²) in [5.74, 6) is -0.442. The van der Waals surface area contributed by atoms with Gasteiger partial charge in [-0.1, -0.05) is 45.0 Å². The normalized spacial score (nSPS) is 11.0. The summed E-state index contributed by atoms with van der Waals surface area (Å²) in [5, 5.41) is 2.84. The van der Waals surface area contributed by atoms with Gasteiger partial charge >= 0.3 is 5.97 Å². The zero-order valence-corrected chi connectivity index (χ0v) is 15.3. The molecule has 0 radical (unpaired) electrons. The summed E-state index contributed by atoms with van der Waals surface area (Å²) in [6.07, 6.45) is 1.10.